The van der Waals surface area contributed by atoms with E-state index in [1.165, 1.54) is 4.57 Å². The highest BCUT2D eigenvalue weighted by Crippen LogP contribution is 2.31. The first-order chi connectivity index (χ1) is 16.7. The lowest BCUT2D eigenvalue weighted by atomic mass is 9.82. The van der Waals surface area contributed by atoms with Crippen molar-refractivity contribution in [2.24, 2.45) is 18.7 Å². The number of benzene rings is 2. The summed E-state index contributed by atoms with van der Waals surface area (Å²) in [6.07, 6.45) is 1.51. The van der Waals surface area contributed by atoms with Crippen LogP contribution in [0.3, 0.4) is 0 Å². The number of primary amides is 1. The van der Waals surface area contributed by atoms with Gasteiger partial charge in [0, 0.05) is 20.1 Å². The number of aliphatic hydroxyl groups is 1. The number of nitrogens with two attached hydrogens (primary N) is 1. The van der Waals surface area contributed by atoms with Crippen LogP contribution in [0.25, 0.3) is 22.2 Å². The summed E-state index contributed by atoms with van der Waals surface area (Å²) in [5, 5.41) is 23.8. The van der Waals surface area contributed by atoms with Crippen molar-refractivity contribution in [3.8, 4) is 17.2 Å². The Balaban J connectivity index is 1.56. The van der Waals surface area contributed by atoms with Gasteiger partial charge in [-0.25, -0.2) is 4.79 Å². The third kappa shape index (κ3) is 4.73. The van der Waals surface area contributed by atoms with Gasteiger partial charge in [-0.2, -0.15) is 5.26 Å². The summed E-state index contributed by atoms with van der Waals surface area (Å²) in [6, 6.07) is 15.4. The molecule has 184 valence electrons. The molecule has 0 saturated carbocycles. The van der Waals surface area contributed by atoms with E-state index in [9.17, 15) is 20.0 Å². The molecule has 1 aliphatic rings. The summed E-state index contributed by atoms with van der Waals surface area (Å²) < 4.78 is 12.6. The van der Waals surface area contributed by atoms with Crippen LogP contribution in [0.15, 0.2) is 51.7 Å². The molecule has 1 aromatic heterocycles. The van der Waals surface area contributed by atoms with Gasteiger partial charge >= 0.3 is 5.76 Å². The largest absolute Gasteiger partial charge is 0.419 e. The summed E-state index contributed by atoms with van der Waals surface area (Å²) in [6.45, 7) is 2.19. The number of oxazole rings is 1. The number of amides is 1. The number of hydrogen-bond donors (Lipinski definition) is 3. The minimum absolute atomic E-state index is 0.0497. The van der Waals surface area contributed by atoms with Crippen molar-refractivity contribution in [1.29, 1.82) is 5.26 Å². The maximum Gasteiger partial charge on any atom is 0.419 e. The highest BCUT2D eigenvalue weighted by atomic mass is 16.5. The van der Waals surface area contributed by atoms with Gasteiger partial charge in [-0.1, -0.05) is 43.7 Å². The number of β-amino-alcohol motifs (C(OH)–C–C–N with tert-alkyl or cyclic N) is 1. The number of fused-ring (bicyclic) bond motifs is 1. The molecule has 35 heavy (non-hydrogen) atoms. The second-order valence-corrected chi connectivity index (χ2v) is 9.31. The van der Waals surface area contributed by atoms with Gasteiger partial charge in [0.25, 0.3) is 5.91 Å². The number of nitrogens with one attached hydrogen (secondary N) is 1. The van der Waals surface area contributed by atoms with Crippen molar-refractivity contribution >= 4 is 17.0 Å². The molecule has 9 heteroatoms. The number of carbonyl (C=O) groups is 1. The summed E-state index contributed by atoms with van der Waals surface area (Å²) in [5.74, 6) is -1.99. The van der Waals surface area contributed by atoms with Gasteiger partial charge in [-0.3, -0.25) is 9.36 Å². The van der Waals surface area contributed by atoms with Crippen LogP contribution in [0.1, 0.15) is 25.3 Å². The third-order valence-corrected chi connectivity index (χ3v) is 6.81. The van der Waals surface area contributed by atoms with Gasteiger partial charge in [0.2, 0.25) is 0 Å². The normalized spacial score (nSPS) is 23.5. The Labute approximate surface area is 203 Å². The first kappa shape index (κ1) is 24.7. The molecule has 4 rings (SSSR count). The zero-order valence-corrected chi connectivity index (χ0v) is 19.9. The zero-order chi connectivity index (χ0) is 25.2. The molecule has 0 aliphatic carbocycles. The second-order valence-electron chi connectivity index (χ2n) is 9.31. The number of rotatable bonds is 7. The number of aryl methyl sites for hydroxylation is 1. The Morgan fingerprint density at radius 1 is 1.26 bits per heavy atom. The van der Waals surface area contributed by atoms with Crippen molar-refractivity contribution in [3.05, 3.63) is 58.6 Å². The van der Waals surface area contributed by atoms with Crippen LogP contribution in [0.4, 0.5) is 0 Å². The summed E-state index contributed by atoms with van der Waals surface area (Å²) in [5.41, 5.74) is 6.99. The molecule has 0 spiro atoms. The lowest BCUT2D eigenvalue weighted by Crippen LogP contribution is -2.57. The summed E-state index contributed by atoms with van der Waals surface area (Å²) in [7, 11) is 1.66. The fourth-order valence-electron chi connectivity index (χ4n) is 4.72. The number of aromatic nitrogens is 1. The summed E-state index contributed by atoms with van der Waals surface area (Å²) >= 11 is 0. The minimum atomic E-state index is -1.55. The molecule has 2 aromatic carbocycles. The van der Waals surface area contributed by atoms with Crippen LogP contribution in [0.2, 0.25) is 0 Å². The molecule has 1 fully saturated rings. The van der Waals surface area contributed by atoms with Crippen molar-refractivity contribution in [2.45, 2.75) is 37.4 Å². The molecule has 3 aromatic rings. The van der Waals surface area contributed by atoms with Crippen LogP contribution >= 0.6 is 0 Å². The first-order valence-corrected chi connectivity index (χ1v) is 11.7. The van der Waals surface area contributed by atoms with E-state index in [0.717, 1.165) is 23.1 Å². The monoisotopic (exact) mass is 478 g/mol. The quantitative estimate of drug-likeness (QED) is 0.470. The predicted molar refractivity (Wildman–Crippen MR) is 130 cm³/mol. The lowest BCUT2D eigenvalue weighted by Gasteiger charge is -2.34. The lowest BCUT2D eigenvalue weighted by molar-refractivity contribution is -0.155. The Hall–Kier alpha value is -3.45. The highest BCUT2D eigenvalue weighted by molar-refractivity contribution is 5.85. The second kappa shape index (κ2) is 9.66. The van der Waals surface area contributed by atoms with Gasteiger partial charge < -0.3 is 25.3 Å². The number of carbonyl (C=O) groups excluding carboxylic acids is 1. The van der Waals surface area contributed by atoms with Gasteiger partial charge in [0.15, 0.2) is 11.2 Å². The van der Waals surface area contributed by atoms with E-state index >= 15 is 0 Å². The third-order valence-electron chi connectivity index (χ3n) is 6.81. The van der Waals surface area contributed by atoms with E-state index in [-0.39, 0.29) is 26.1 Å². The maximum atomic E-state index is 12.6. The van der Waals surface area contributed by atoms with E-state index in [1.807, 2.05) is 43.3 Å². The molecular formula is C26H30N4O5. The Bertz CT molecular complexity index is 1320. The molecular weight excluding hydrogens is 448 g/mol. The Morgan fingerprint density at radius 3 is 2.63 bits per heavy atom. The molecule has 9 nitrogen and oxygen atoms in total. The number of ether oxygens (including phenoxy) is 1. The molecule has 0 radical (unpaired) electrons. The smallest absolute Gasteiger partial charge is 0.408 e. The highest BCUT2D eigenvalue weighted by Gasteiger charge is 2.49. The van der Waals surface area contributed by atoms with Crippen LogP contribution in [-0.2, 0) is 23.0 Å². The van der Waals surface area contributed by atoms with Crippen molar-refractivity contribution in [2.75, 3.05) is 19.7 Å². The topological polar surface area (TPSA) is 144 Å². The van der Waals surface area contributed by atoms with Crippen LogP contribution in [0, 0.1) is 17.2 Å². The number of hydrogen-bond acceptors (Lipinski definition) is 7. The molecule has 1 saturated heterocycles. The van der Waals surface area contributed by atoms with Crippen molar-refractivity contribution < 1.29 is 19.1 Å². The van der Waals surface area contributed by atoms with E-state index in [2.05, 4.69) is 11.4 Å². The number of nitriles is 1. The zero-order valence-electron chi connectivity index (χ0n) is 19.9. The fourth-order valence-corrected chi connectivity index (χ4v) is 4.72. The van der Waals surface area contributed by atoms with E-state index in [4.69, 9.17) is 14.9 Å². The van der Waals surface area contributed by atoms with Crippen LogP contribution in [0.5, 0.6) is 0 Å². The van der Waals surface area contributed by atoms with Crippen molar-refractivity contribution in [1.82, 2.24) is 9.88 Å². The maximum absolute atomic E-state index is 12.6. The Kier molecular flexibility index (Phi) is 6.81. The fraction of sp³-hybridized carbons (Fsp3) is 0.423. The molecule has 3 atom stereocenters. The summed E-state index contributed by atoms with van der Waals surface area (Å²) in [4.78, 5) is 24.3. The van der Waals surface area contributed by atoms with Gasteiger partial charge in [-0.15, -0.1) is 0 Å². The Morgan fingerprint density at radius 2 is 1.97 bits per heavy atom. The standard InChI is InChI=1S/C26H30N4O5/c1-3-10-25(33)14-29-15-26(23(28)31,34-16-25)20(13-27)11-17-4-6-18(7-5-17)19-8-9-22-21(12-19)30(2)24(32)35-22/h4-9,12,20,29,33H,3,10-11,14-16H2,1-2H3,(H2,28,31)/t20-,25?,26?/m0/s1. The molecule has 4 N–H and O–H groups in total. The van der Waals surface area contributed by atoms with Crippen molar-refractivity contribution in [3.63, 3.8) is 0 Å². The minimum Gasteiger partial charge on any atom is -0.408 e. The van der Waals surface area contributed by atoms with Gasteiger partial charge in [0.05, 0.1) is 24.1 Å². The SMILES string of the molecule is CCCC1(O)CNCC(C(N)=O)([C@H](C#N)Cc2ccc(-c3ccc4oc(=O)n(C)c4c3)cc2)OC1. The molecule has 1 aliphatic heterocycles. The van der Waals surface area contributed by atoms with Gasteiger partial charge in [0.1, 0.15) is 5.60 Å². The molecule has 0 bridgehead atoms. The van der Waals surface area contributed by atoms with Gasteiger partial charge in [-0.05, 0) is 41.7 Å². The van der Waals surface area contributed by atoms with Crippen LogP contribution < -0.4 is 16.8 Å². The number of nitrogens with zero attached hydrogens (tertiary/aromatic N) is 2. The first-order valence-electron chi connectivity index (χ1n) is 11.7. The predicted octanol–water partition coefficient (Wildman–Crippen LogP) is 1.86. The average molecular weight is 479 g/mol. The average Bonchev–Trinajstić information content (AvgIpc) is 3.00. The molecule has 2 heterocycles. The van der Waals surface area contributed by atoms with E-state index in [0.29, 0.717) is 17.5 Å². The van der Waals surface area contributed by atoms with E-state index < -0.39 is 28.8 Å². The van der Waals surface area contributed by atoms with Crippen LogP contribution in [-0.4, -0.2) is 46.5 Å². The van der Waals surface area contributed by atoms with E-state index in [1.54, 1.807) is 13.1 Å². The molecule has 1 amide bonds. The molecule has 2 unspecified atom stereocenters.